The molecule has 0 aliphatic carbocycles. The van der Waals surface area contributed by atoms with Crippen LogP contribution >= 0.6 is 0 Å². The zero-order valence-electron chi connectivity index (χ0n) is 8.72. The van der Waals surface area contributed by atoms with E-state index in [0.29, 0.717) is 6.54 Å². The van der Waals surface area contributed by atoms with Crippen LogP contribution in [0.15, 0.2) is 35.3 Å². The highest BCUT2D eigenvalue weighted by Crippen LogP contribution is 2.11. The number of hydrogen-bond acceptors (Lipinski definition) is 4. The first kappa shape index (κ1) is 9.98. The maximum Gasteiger partial charge on any atom is 0.0935 e. The summed E-state index contributed by atoms with van der Waals surface area (Å²) in [4.78, 5) is 4.23. The Morgan fingerprint density at radius 2 is 2.20 bits per heavy atom. The number of nitrogens with zero attached hydrogens (tertiary/aromatic N) is 2. The van der Waals surface area contributed by atoms with Crippen molar-refractivity contribution in [3.05, 3.63) is 30.3 Å². The van der Waals surface area contributed by atoms with Gasteiger partial charge in [-0.05, 0) is 19.1 Å². The van der Waals surface area contributed by atoms with Crippen molar-refractivity contribution in [2.45, 2.75) is 13.0 Å². The summed E-state index contributed by atoms with van der Waals surface area (Å²) in [5.41, 5.74) is 0.809. The molecule has 4 heteroatoms. The van der Waals surface area contributed by atoms with Gasteiger partial charge in [0.25, 0.3) is 0 Å². The summed E-state index contributed by atoms with van der Waals surface area (Å²) in [6.07, 6.45) is 0. The highest BCUT2D eigenvalue weighted by molar-refractivity contribution is 5.81. The van der Waals surface area contributed by atoms with E-state index in [1.54, 1.807) is 0 Å². The lowest BCUT2D eigenvalue weighted by Crippen LogP contribution is -2.39. The molecule has 1 unspecified atom stereocenters. The van der Waals surface area contributed by atoms with Crippen LogP contribution in [0.5, 0.6) is 0 Å². The largest absolute Gasteiger partial charge is 0.368 e. The molecule has 0 aromatic heterocycles. The van der Waals surface area contributed by atoms with E-state index in [1.165, 1.54) is 5.06 Å². The first-order valence-electron chi connectivity index (χ1n) is 5.05. The summed E-state index contributed by atoms with van der Waals surface area (Å²) in [5, 5.41) is 14.3. The van der Waals surface area contributed by atoms with Crippen molar-refractivity contribution in [1.82, 2.24) is 5.32 Å². The van der Waals surface area contributed by atoms with Crippen molar-refractivity contribution in [2.75, 3.05) is 18.2 Å². The molecule has 0 bridgehead atoms. The third-order valence-electron chi connectivity index (χ3n) is 2.41. The average molecular weight is 205 g/mol. The molecular weight excluding hydrogens is 190 g/mol. The Morgan fingerprint density at radius 1 is 1.47 bits per heavy atom. The number of amidine groups is 1. The van der Waals surface area contributed by atoms with Crippen molar-refractivity contribution in [3.8, 4) is 0 Å². The highest BCUT2D eigenvalue weighted by atomic mass is 16.5. The number of hydrogen-bond donors (Lipinski definition) is 2. The van der Waals surface area contributed by atoms with E-state index in [-0.39, 0.29) is 6.04 Å². The van der Waals surface area contributed by atoms with E-state index in [0.717, 1.165) is 18.1 Å². The molecule has 1 aliphatic heterocycles. The fraction of sp³-hybridized carbons (Fsp3) is 0.364. The van der Waals surface area contributed by atoms with Crippen LogP contribution in [0.2, 0.25) is 0 Å². The van der Waals surface area contributed by atoms with E-state index >= 15 is 0 Å². The van der Waals surface area contributed by atoms with Gasteiger partial charge >= 0.3 is 0 Å². The molecular formula is C11H15N3O. The van der Waals surface area contributed by atoms with E-state index in [4.69, 9.17) is 0 Å². The van der Waals surface area contributed by atoms with Crippen LogP contribution in [0.1, 0.15) is 6.92 Å². The molecule has 0 amide bonds. The van der Waals surface area contributed by atoms with Crippen molar-refractivity contribution in [1.29, 1.82) is 0 Å². The van der Waals surface area contributed by atoms with Crippen molar-refractivity contribution in [3.63, 3.8) is 0 Å². The van der Waals surface area contributed by atoms with Crippen LogP contribution in [0, 0.1) is 0 Å². The predicted molar refractivity (Wildman–Crippen MR) is 60.5 cm³/mol. The molecule has 15 heavy (non-hydrogen) atoms. The van der Waals surface area contributed by atoms with Gasteiger partial charge in [0, 0.05) is 0 Å². The number of para-hydroxylation sites is 1. The molecule has 0 saturated carbocycles. The molecule has 1 atom stereocenters. The third kappa shape index (κ3) is 2.47. The van der Waals surface area contributed by atoms with E-state index in [2.05, 4.69) is 10.3 Å². The molecule has 0 spiro atoms. The van der Waals surface area contributed by atoms with Crippen molar-refractivity contribution < 1.29 is 5.21 Å². The normalized spacial score (nSPS) is 19.6. The smallest absolute Gasteiger partial charge is 0.0935 e. The Hall–Kier alpha value is -1.55. The second kappa shape index (κ2) is 4.31. The van der Waals surface area contributed by atoms with E-state index in [1.807, 2.05) is 37.3 Å². The fourth-order valence-electron chi connectivity index (χ4n) is 1.65. The monoisotopic (exact) mass is 205 g/mol. The van der Waals surface area contributed by atoms with Crippen molar-refractivity contribution in [2.24, 2.45) is 4.99 Å². The molecule has 1 heterocycles. The molecule has 4 nitrogen and oxygen atoms in total. The summed E-state index contributed by atoms with van der Waals surface area (Å²) in [6, 6.07) is 9.70. The minimum absolute atomic E-state index is 0.204. The lowest BCUT2D eigenvalue weighted by atomic mass is 10.2. The summed E-state index contributed by atoms with van der Waals surface area (Å²) < 4.78 is 0. The minimum atomic E-state index is 0.204. The predicted octanol–water partition coefficient (Wildman–Crippen LogP) is 1.27. The lowest BCUT2D eigenvalue weighted by molar-refractivity contribution is 0.245. The van der Waals surface area contributed by atoms with Crippen LogP contribution in [0.25, 0.3) is 0 Å². The van der Waals surface area contributed by atoms with Gasteiger partial charge in [0.1, 0.15) is 0 Å². The maximum absolute atomic E-state index is 9.81. The number of nitrogens with one attached hydrogen (secondary N) is 1. The summed E-state index contributed by atoms with van der Waals surface area (Å²) in [6.45, 7) is 3.21. The topological polar surface area (TPSA) is 47.9 Å². The van der Waals surface area contributed by atoms with Gasteiger partial charge in [-0.1, -0.05) is 18.2 Å². The molecule has 1 aliphatic rings. The maximum atomic E-state index is 9.81. The van der Waals surface area contributed by atoms with Crippen LogP contribution < -0.4 is 10.4 Å². The second-order valence-electron chi connectivity index (χ2n) is 3.69. The molecule has 0 radical (unpaired) electrons. The van der Waals surface area contributed by atoms with E-state index < -0.39 is 0 Å². The van der Waals surface area contributed by atoms with Crippen LogP contribution in [-0.4, -0.2) is 30.2 Å². The summed E-state index contributed by atoms with van der Waals surface area (Å²) in [5.74, 6) is 0.946. The summed E-state index contributed by atoms with van der Waals surface area (Å²) >= 11 is 0. The zero-order valence-corrected chi connectivity index (χ0v) is 8.72. The number of benzene rings is 1. The standard InChI is InChI=1S/C11H15N3O/c1-9-12-7-10(13-9)8-14(15)11-5-3-2-4-6-11/h2-6,10,15H,7-8H2,1H3,(H,12,13). The highest BCUT2D eigenvalue weighted by Gasteiger charge is 2.17. The van der Waals surface area contributed by atoms with Gasteiger partial charge in [0.2, 0.25) is 0 Å². The van der Waals surface area contributed by atoms with Crippen LogP contribution in [0.4, 0.5) is 5.69 Å². The zero-order chi connectivity index (χ0) is 10.7. The fourth-order valence-corrected chi connectivity index (χ4v) is 1.65. The molecule has 1 aromatic carbocycles. The number of aliphatic imine (C=N–C) groups is 1. The third-order valence-corrected chi connectivity index (χ3v) is 2.41. The van der Waals surface area contributed by atoms with Gasteiger partial charge in [0.15, 0.2) is 0 Å². The van der Waals surface area contributed by atoms with Gasteiger partial charge in [0.05, 0.1) is 30.7 Å². The molecule has 1 aromatic rings. The lowest BCUT2D eigenvalue weighted by Gasteiger charge is -2.20. The Labute approximate surface area is 89.2 Å². The first-order chi connectivity index (χ1) is 7.25. The van der Waals surface area contributed by atoms with Gasteiger partial charge < -0.3 is 5.32 Å². The van der Waals surface area contributed by atoms with Crippen LogP contribution in [0.3, 0.4) is 0 Å². The number of rotatable bonds is 3. The Balaban J connectivity index is 1.91. The SMILES string of the molecule is CC1=NCC(CN(O)c2ccccc2)N1. The van der Waals surface area contributed by atoms with E-state index in [9.17, 15) is 5.21 Å². The Morgan fingerprint density at radius 3 is 2.80 bits per heavy atom. The Bertz CT molecular complexity index is 350. The van der Waals surface area contributed by atoms with Gasteiger partial charge in [-0.15, -0.1) is 0 Å². The van der Waals surface area contributed by atoms with Crippen molar-refractivity contribution >= 4 is 11.5 Å². The van der Waals surface area contributed by atoms with Gasteiger partial charge in [-0.3, -0.25) is 15.3 Å². The van der Waals surface area contributed by atoms with Crippen LogP contribution in [-0.2, 0) is 0 Å². The molecule has 2 N–H and O–H groups in total. The second-order valence-corrected chi connectivity index (χ2v) is 3.69. The summed E-state index contributed by atoms with van der Waals surface area (Å²) in [7, 11) is 0. The molecule has 80 valence electrons. The van der Waals surface area contributed by atoms with Gasteiger partial charge in [-0.25, -0.2) is 0 Å². The molecule has 0 fully saturated rings. The van der Waals surface area contributed by atoms with Gasteiger partial charge in [-0.2, -0.15) is 0 Å². The minimum Gasteiger partial charge on any atom is -0.368 e. The molecule has 0 saturated heterocycles. The first-order valence-corrected chi connectivity index (χ1v) is 5.05. The average Bonchev–Trinajstić information content (AvgIpc) is 2.65. The Kier molecular flexibility index (Phi) is 2.87. The molecule has 2 rings (SSSR count). The number of anilines is 1. The number of hydroxylamine groups is 1. The quantitative estimate of drug-likeness (QED) is 0.731.